The van der Waals surface area contributed by atoms with Crippen molar-refractivity contribution in [1.29, 1.82) is 0 Å². The number of nitrogens with zero attached hydrogens (tertiary/aromatic N) is 7. The average molecular weight is 903 g/mol. The van der Waals surface area contributed by atoms with Crippen molar-refractivity contribution in [2.75, 3.05) is 88.6 Å². The van der Waals surface area contributed by atoms with E-state index in [-0.39, 0.29) is 42.1 Å². The van der Waals surface area contributed by atoms with Gasteiger partial charge in [0.2, 0.25) is 17.7 Å². The number of fused-ring (bicyclic) bond motifs is 3. The van der Waals surface area contributed by atoms with Gasteiger partial charge >= 0.3 is 6.01 Å². The van der Waals surface area contributed by atoms with Crippen LogP contribution < -0.4 is 24.6 Å². The first-order valence-electron chi connectivity index (χ1n) is 23.1. The number of rotatable bonds is 16. The fourth-order valence-electron chi connectivity index (χ4n) is 9.79. The van der Waals surface area contributed by atoms with E-state index in [0.717, 1.165) is 78.0 Å². The van der Waals surface area contributed by atoms with Gasteiger partial charge < -0.3 is 43.7 Å². The molecule has 9 rings (SSSR count). The lowest BCUT2D eigenvalue weighted by atomic mass is 10.0. The van der Waals surface area contributed by atoms with E-state index in [1.54, 1.807) is 18.2 Å². The number of anilines is 2. The summed E-state index contributed by atoms with van der Waals surface area (Å²) in [6.45, 7) is 13.9. The number of carbonyl (C=O) groups excluding carboxylic acids is 4. The summed E-state index contributed by atoms with van der Waals surface area (Å²) in [6.07, 6.45) is 4.41. The number of benzene rings is 3. The number of aromatic hydroxyl groups is 1. The third kappa shape index (κ3) is 10.1. The van der Waals surface area contributed by atoms with Crippen molar-refractivity contribution in [3.05, 3.63) is 89.6 Å². The van der Waals surface area contributed by atoms with E-state index in [2.05, 4.69) is 39.6 Å². The molecule has 4 amide bonds. The molecule has 0 saturated carbocycles. The van der Waals surface area contributed by atoms with Crippen molar-refractivity contribution in [3.63, 3.8) is 0 Å². The summed E-state index contributed by atoms with van der Waals surface area (Å²) in [5.74, 6) is 0.700. The summed E-state index contributed by atoms with van der Waals surface area (Å²) in [5.41, 5.74) is 4.30. The second kappa shape index (κ2) is 20.1. The van der Waals surface area contributed by atoms with E-state index in [4.69, 9.17) is 28.9 Å². The molecule has 6 heterocycles. The van der Waals surface area contributed by atoms with Gasteiger partial charge in [-0.05, 0) is 73.9 Å². The fraction of sp³-hybridized carbons (Fsp3) is 0.469. The highest BCUT2D eigenvalue weighted by Crippen LogP contribution is 2.37. The molecule has 1 aromatic heterocycles. The number of amides is 4. The van der Waals surface area contributed by atoms with E-state index in [0.29, 0.717) is 96.0 Å². The topological polar surface area (TPSA) is 179 Å². The SMILES string of the molecule is C=CC(=O)N1CCN(c2nc(O[C@H](C)CN3CCC(OCCOCCOc4ccc5c(c4)CN(C4CCC(=O)NC4=O)C5=O)CC3)nc3c2CCN(c2cc(O)cc4ccccc24)C3)CC1. The molecule has 0 spiro atoms. The van der Waals surface area contributed by atoms with Crippen LogP contribution in [0.2, 0.25) is 0 Å². The van der Waals surface area contributed by atoms with Gasteiger partial charge in [0, 0.05) is 93.6 Å². The van der Waals surface area contributed by atoms with Crippen molar-refractivity contribution in [2.24, 2.45) is 0 Å². The molecule has 3 aromatic carbocycles. The highest BCUT2D eigenvalue weighted by molar-refractivity contribution is 6.05. The first-order chi connectivity index (χ1) is 32.1. The van der Waals surface area contributed by atoms with Crippen LogP contribution in [0.25, 0.3) is 10.8 Å². The molecule has 3 saturated heterocycles. The Hall–Kier alpha value is -6.30. The Kier molecular flexibility index (Phi) is 13.6. The first kappa shape index (κ1) is 44.9. The largest absolute Gasteiger partial charge is 0.508 e. The van der Waals surface area contributed by atoms with Crippen molar-refractivity contribution in [3.8, 4) is 17.5 Å². The van der Waals surface area contributed by atoms with Gasteiger partial charge in [0.05, 0.1) is 38.2 Å². The highest BCUT2D eigenvalue weighted by atomic mass is 16.5. The Morgan fingerprint density at radius 3 is 2.50 bits per heavy atom. The number of carbonyl (C=O) groups is 4. The lowest BCUT2D eigenvalue weighted by Crippen LogP contribution is -2.52. The van der Waals surface area contributed by atoms with Gasteiger partial charge in [0.1, 0.15) is 36.1 Å². The maximum atomic E-state index is 13.0. The zero-order valence-electron chi connectivity index (χ0n) is 37.5. The minimum atomic E-state index is -0.651. The lowest BCUT2D eigenvalue weighted by molar-refractivity contribution is -0.137. The van der Waals surface area contributed by atoms with Gasteiger partial charge in [-0.25, -0.2) is 0 Å². The van der Waals surface area contributed by atoms with Crippen LogP contribution >= 0.6 is 0 Å². The summed E-state index contributed by atoms with van der Waals surface area (Å²) in [7, 11) is 0. The number of phenols is 1. The fourth-order valence-corrected chi connectivity index (χ4v) is 9.79. The maximum Gasteiger partial charge on any atom is 0.318 e. The summed E-state index contributed by atoms with van der Waals surface area (Å²) in [4.78, 5) is 69.6. The van der Waals surface area contributed by atoms with E-state index >= 15 is 0 Å². The quantitative estimate of drug-likeness (QED) is 0.0942. The monoisotopic (exact) mass is 902 g/mol. The van der Waals surface area contributed by atoms with Crippen LogP contribution in [0.3, 0.4) is 0 Å². The van der Waals surface area contributed by atoms with E-state index in [1.807, 2.05) is 35.2 Å². The van der Waals surface area contributed by atoms with Gasteiger partial charge in [-0.2, -0.15) is 9.97 Å². The van der Waals surface area contributed by atoms with Crippen LogP contribution in [0, 0.1) is 0 Å². The smallest absolute Gasteiger partial charge is 0.318 e. The molecule has 5 aliphatic heterocycles. The molecule has 1 unspecified atom stereocenters. The lowest BCUT2D eigenvalue weighted by Gasteiger charge is -2.38. The zero-order valence-corrected chi connectivity index (χ0v) is 37.5. The number of hydrogen-bond donors (Lipinski definition) is 2. The Morgan fingerprint density at radius 2 is 1.70 bits per heavy atom. The van der Waals surface area contributed by atoms with Crippen LogP contribution in [0.15, 0.2) is 67.3 Å². The predicted molar refractivity (Wildman–Crippen MR) is 246 cm³/mol. The molecule has 0 radical (unpaired) electrons. The van der Waals surface area contributed by atoms with Gasteiger partial charge in [-0.15, -0.1) is 0 Å². The molecule has 0 aliphatic carbocycles. The van der Waals surface area contributed by atoms with E-state index < -0.39 is 11.9 Å². The number of hydrogen-bond acceptors (Lipinski definition) is 14. The molecule has 2 N–H and O–H groups in total. The minimum Gasteiger partial charge on any atom is -0.508 e. The second-order valence-corrected chi connectivity index (χ2v) is 17.6. The molecule has 4 aromatic rings. The average Bonchev–Trinajstić information content (AvgIpc) is 3.65. The molecule has 2 atom stereocenters. The van der Waals surface area contributed by atoms with Crippen LogP contribution in [-0.4, -0.2) is 150 Å². The van der Waals surface area contributed by atoms with Gasteiger partial charge in [-0.3, -0.25) is 29.4 Å². The van der Waals surface area contributed by atoms with Crippen molar-refractivity contribution < 1.29 is 43.2 Å². The molecule has 348 valence electrons. The highest BCUT2D eigenvalue weighted by Gasteiger charge is 2.39. The maximum absolute atomic E-state index is 13.0. The summed E-state index contributed by atoms with van der Waals surface area (Å²) < 4.78 is 24.4. The zero-order chi connectivity index (χ0) is 45.7. The number of ether oxygens (including phenoxy) is 4. The van der Waals surface area contributed by atoms with Crippen LogP contribution in [0.4, 0.5) is 11.5 Å². The van der Waals surface area contributed by atoms with Crippen molar-refractivity contribution in [2.45, 2.75) is 70.4 Å². The number of likely N-dealkylation sites (tertiary alicyclic amines) is 1. The number of aromatic nitrogens is 2. The van der Waals surface area contributed by atoms with E-state index in [9.17, 15) is 24.3 Å². The number of piperidine rings is 2. The molecular formula is C49H58N8O9. The normalized spacial score (nSPS) is 19.7. The Bertz CT molecular complexity index is 2470. The number of piperazine rings is 1. The van der Waals surface area contributed by atoms with Gasteiger partial charge in [0.15, 0.2) is 0 Å². The molecule has 17 heteroatoms. The van der Waals surface area contributed by atoms with Crippen LogP contribution in [-0.2, 0) is 43.4 Å². The number of nitrogens with one attached hydrogen (secondary N) is 1. The van der Waals surface area contributed by atoms with Crippen LogP contribution in [0.1, 0.15) is 59.8 Å². The molecule has 3 fully saturated rings. The van der Waals surface area contributed by atoms with Crippen molar-refractivity contribution in [1.82, 2.24) is 30.0 Å². The summed E-state index contributed by atoms with van der Waals surface area (Å²) in [6, 6.07) is 16.7. The van der Waals surface area contributed by atoms with Gasteiger partial charge in [0.25, 0.3) is 5.91 Å². The molecule has 66 heavy (non-hydrogen) atoms. The third-order valence-corrected chi connectivity index (χ3v) is 13.2. The minimum absolute atomic E-state index is 0.0621. The van der Waals surface area contributed by atoms with Crippen LogP contribution in [0.5, 0.6) is 17.5 Å². The Morgan fingerprint density at radius 1 is 0.894 bits per heavy atom. The molecule has 17 nitrogen and oxygen atoms in total. The first-order valence-corrected chi connectivity index (χ1v) is 23.1. The summed E-state index contributed by atoms with van der Waals surface area (Å²) in [5, 5.41) is 15.0. The standard InChI is InChI=1S/C49H58N8O9/c1-3-45(60)54-18-20-55(21-19-54)46-40-14-17-56(43-28-35(58)26-33-6-4-5-7-38(33)43)31-41(40)50-49(52-46)66-32(2)29-53-15-12-36(13-16-53)64-24-22-63-23-25-65-37-8-9-39-34(27-37)30-57(48(39)62)42-10-11-44(59)51-47(42)61/h3-9,26-28,32,36,42,58H,1,10-25,29-31H2,2H3,(H,51,59,61)/t32-,42?/m1/s1. The second-order valence-electron chi connectivity index (χ2n) is 17.6. The Labute approximate surface area is 384 Å². The predicted octanol–water partition coefficient (Wildman–Crippen LogP) is 3.84. The summed E-state index contributed by atoms with van der Waals surface area (Å²) >= 11 is 0. The number of phenolic OH excluding ortho intramolecular Hbond substituents is 1. The third-order valence-electron chi connectivity index (χ3n) is 13.2. The van der Waals surface area contributed by atoms with Gasteiger partial charge in [-0.1, -0.05) is 30.8 Å². The number of imide groups is 1. The molecule has 5 aliphatic rings. The Balaban J connectivity index is 0.727. The van der Waals surface area contributed by atoms with Crippen molar-refractivity contribution >= 4 is 45.9 Å². The van der Waals surface area contributed by atoms with E-state index in [1.165, 1.54) is 11.0 Å². The molecular weight excluding hydrogens is 845 g/mol. The molecule has 0 bridgehead atoms.